The number of halogens is 1. The summed E-state index contributed by atoms with van der Waals surface area (Å²) in [6.07, 6.45) is 4.00. The first-order chi connectivity index (χ1) is 8.78. The summed E-state index contributed by atoms with van der Waals surface area (Å²) in [6.45, 7) is 0.692. The van der Waals surface area contributed by atoms with Gasteiger partial charge in [-0.2, -0.15) is 0 Å². The van der Waals surface area contributed by atoms with Crippen molar-refractivity contribution in [3.8, 4) is 5.75 Å². The van der Waals surface area contributed by atoms with Crippen LogP contribution in [-0.2, 0) is 6.42 Å². The van der Waals surface area contributed by atoms with Crippen LogP contribution in [0.3, 0.4) is 0 Å². The number of methoxy groups -OCH3 is 1. The number of rotatable bonds is 5. The lowest BCUT2D eigenvalue weighted by atomic mass is 10.1. The molecule has 0 radical (unpaired) electrons. The molecule has 1 aromatic carbocycles. The van der Waals surface area contributed by atoms with Gasteiger partial charge in [0.25, 0.3) is 0 Å². The van der Waals surface area contributed by atoms with Crippen molar-refractivity contribution in [3.05, 3.63) is 48.0 Å². The van der Waals surface area contributed by atoms with Crippen molar-refractivity contribution in [2.45, 2.75) is 6.42 Å². The molecule has 0 aliphatic carbocycles. The van der Waals surface area contributed by atoms with Gasteiger partial charge in [0.2, 0.25) is 5.95 Å². The second-order valence-corrected chi connectivity index (χ2v) is 3.75. The molecule has 1 N–H and O–H groups in total. The average molecular weight is 247 g/mol. The number of hydrogen-bond acceptors (Lipinski definition) is 4. The van der Waals surface area contributed by atoms with Crippen LogP contribution < -0.4 is 10.1 Å². The van der Waals surface area contributed by atoms with Gasteiger partial charge in [-0.3, -0.25) is 0 Å². The van der Waals surface area contributed by atoms with Crippen LogP contribution in [0.5, 0.6) is 5.75 Å². The van der Waals surface area contributed by atoms with Crippen LogP contribution >= 0.6 is 0 Å². The van der Waals surface area contributed by atoms with Gasteiger partial charge in [0, 0.05) is 6.54 Å². The van der Waals surface area contributed by atoms with E-state index in [1.807, 2.05) is 0 Å². The van der Waals surface area contributed by atoms with Gasteiger partial charge in [-0.15, -0.1) is 0 Å². The van der Waals surface area contributed by atoms with E-state index in [2.05, 4.69) is 15.3 Å². The topological polar surface area (TPSA) is 47.0 Å². The van der Waals surface area contributed by atoms with Crippen LogP contribution in [-0.4, -0.2) is 23.6 Å². The highest BCUT2D eigenvalue weighted by atomic mass is 19.1. The van der Waals surface area contributed by atoms with Gasteiger partial charge in [0.15, 0.2) is 5.75 Å². The Bertz CT molecular complexity index is 485. The predicted molar refractivity (Wildman–Crippen MR) is 67.2 cm³/mol. The third kappa shape index (κ3) is 3.41. The Balaban J connectivity index is 1.82. The molecular weight excluding hydrogens is 233 g/mol. The second kappa shape index (κ2) is 5.95. The zero-order valence-corrected chi connectivity index (χ0v) is 10.1. The summed E-state index contributed by atoms with van der Waals surface area (Å²) < 4.78 is 17.7. The molecule has 0 atom stereocenters. The Morgan fingerprint density at radius 2 is 1.83 bits per heavy atom. The predicted octanol–water partition coefficient (Wildman–Crippen LogP) is 2.28. The van der Waals surface area contributed by atoms with Crippen molar-refractivity contribution in [2.24, 2.45) is 0 Å². The third-order valence-electron chi connectivity index (χ3n) is 2.47. The fourth-order valence-electron chi connectivity index (χ4n) is 1.48. The molecule has 0 aliphatic heterocycles. The highest BCUT2D eigenvalue weighted by molar-refractivity contribution is 5.27. The molecule has 4 nitrogen and oxygen atoms in total. The maximum atomic E-state index is 12.7. The fourth-order valence-corrected chi connectivity index (χ4v) is 1.48. The molecule has 5 heteroatoms. The monoisotopic (exact) mass is 247 g/mol. The number of nitrogens with zero attached hydrogens (tertiary/aromatic N) is 2. The molecule has 0 spiro atoms. The van der Waals surface area contributed by atoms with Gasteiger partial charge in [-0.25, -0.2) is 14.4 Å². The van der Waals surface area contributed by atoms with Gasteiger partial charge in [-0.05, 0) is 24.1 Å². The van der Waals surface area contributed by atoms with Gasteiger partial charge < -0.3 is 10.1 Å². The van der Waals surface area contributed by atoms with E-state index < -0.39 is 0 Å². The average Bonchev–Trinajstić information content (AvgIpc) is 2.42. The zero-order chi connectivity index (χ0) is 12.8. The van der Waals surface area contributed by atoms with Crippen molar-refractivity contribution < 1.29 is 9.13 Å². The van der Waals surface area contributed by atoms with Crippen LogP contribution in [0.2, 0.25) is 0 Å². The molecule has 1 aromatic heterocycles. The van der Waals surface area contributed by atoms with Crippen LogP contribution in [0.15, 0.2) is 36.7 Å². The molecule has 0 aliphatic rings. The van der Waals surface area contributed by atoms with Gasteiger partial charge in [0.05, 0.1) is 19.5 Å². The minimum Gasteiger partial charge on any atom is -0.494 e. The first-order valence-electron chi connectivity index (χ1n) is 5.62. The van der Waals surface area contributed by atoms with Gasteiger partial charge in [0.1, 0.15) is 5.82 Å². The summed E-state index contributed by atoms with van der Waals surface area (Å²) in [5, 5.41) is 3.09. The minimum absolute atomic E-state index is 0.217. The number of aromatic nitrogens is 2. The number of hydrogen-bond donors (Lipinski definition) is 1. The van der Waals surface area contributed by atoms with E-state index in [0.29, 0.717) is 18.2 Å². The van der Waals surface area contributed by atoms with Crippen molar-refractivity contribution in [3.63, 3.8) is 0 Å². The first kappa shape index (κ1) is 12.3. The maximum Gasteiger partial charge on any atom is 0.222 e. The molecule has 18 heavy (non-hydrogen) atoms. The second-order valence-electron chi connectivity index (χ2n) is 3.75. The normalized spacial score (nSPS) is 10.1. The van der Waals surface area contributed by atoms with E-state index in [9.17, 15) is 4.39 Å². The number of anilines is 1. The lowest BCUT2D eigenvalue weighted by molar-refractivity contribution is 0.411. The van der Waals surface area contributed by atoms with Gasteiger partial charge >= 0.3 is 0 Å². The molecule has 0 saturated carbocycles. The Labute approximate surface area is 105 Å². The highest BCUT2D eigenvalue weighted by Gasteiger charge is 1.98. The van der Waals surface area contributed by atoms with E-state index >= 15 is 0 Å². The summed E-state index contributed by atoms with van der Waals surface area (Å²) in [5.74, 6) is 0.960. The lowest BCUT2D eigenvalue weighted by Gasteiger charge is -2.05. The van der Waals surface area contributed by atoms with Crippen LogP contribution in [0.1, 0.15) is 5.56 Å². The molecule has 94 valence electrons. The summed E-state index contributed by atoms with van der Waals surface area (Å²) in [4.78, 5) is 8.18. The van der Waals surface area contributed by atoms with Crippen molar-refractivity contribution >= 4 is 5.95 Å². The first-order valence-corrected chi connectivity index (χ1v) is 5.62. The molecule has 2 rings (SSSR count). The van der Waals surface area contributed by atoms with Crippen molar-refractivity contribution in [1.29, 1.82) is 0 Å². The maximum absolute atomic E-state index is 12.7. The quantitative estimate of drug-likeness (QED) is 0.880. The van der Waals surface area contributed by atoms with E-state index in [4.69, 9.17) is 4.74 Å². The molecule has 0 saturated heterocycles. The number of ether oxygens (including phenoxy) is 1. The van der Waals surface area contributed by atoms with E-state index in [1.165, 1.54) is 12.1 Å². The Kier molecular flexibility index (Phi) is 4.06. The Hall–Kier alpha value is -2.17. The SMILES string of the molecule is COc1cnc(NCCc2ccc(F)cc2)nc1. The highest BCUT2D eigenvalue weighted by Crippen LogP contribution is 2.08. The van der Waals surface area contributed by atoms with Crippen LogP contribution in [0.4, 0.5) is 10.3 Å². The summed E-state index contributed by atoms with van der Waals surface area (Å²) in [5.41, 5.74) is 1.07. The van der Waals surface area contributed by atoms with Crippen molar-refractivity contribution in [1.82, 2.24) is 9.97 Å². The molecule has 2 aromatic rings. The largest absolute Gasteiger partial charge is 0.494 e. The molecule has 0 bridgehead atoms. The van der Waals surface area contributed by atoms with Gasteiger partial charge in [-0.1, -0.05) is 12.1 Å². The number of benzene rings is 1. The molecule has 0 amide bonds. The standard InChI is InChI=1S/C13H14FN3O/c1-18-12-8-16-13(17-9-12)15-7-6-10-2-4-11(14)5-3-10/h2-5,8-9H,6-7H2,1H3,(H,15,16,17). The smallest absolute Gasteiger partial charge is 0.222 e. The fraction of sp³-hybridized carbons (Fsp3) is 0.231. The Morgan fingerprint density at radius 3 is 2.44 bits per heavy atom. The minimum atomic E-state index is -0.217. The van der Waals surface area contributed by atoms with E-state index in [0.717, 1.165) is 12.0 Å². The molecule has 0 fully saturated rings. The van der Waals surface area contributed by atoms with Crippen LogP contribution in [0.25, 0.3) is 0 Å². The zero-order valence-electron chi connectivity index (χ0n) is 10.1. The van der Waals surface area contributed by atoms with Crippen molar-refractivity contribution in [2.75, 3.05) is 19.0 Å². The van der Waals surface area contributed by atoms with E-state index in [-0.39, 0.29) is 5.82 Å². The summed E-state index contributed by atoms with van der Waals surface area (Å²) >= 11 is 0. The Morgan fingerprint density at radius 1 is 1.17 bits per heavy atom. The summed E-state index contributed by atoms with van der Waals surface area (Å²) in [6, 6.07) is 6.45. The molecular formula is C13H14FN3O. The van der Waals surface area contributed by atoms with Crippen LogP contribution in [0, 0.1) is 5.82 Å². The number of nitrogens with one attached hydrogen (secondary N) is 1. The third-order valence-corrected chi connectivity index (χ3v) is 2.47. The summed E-state index contributed by atoms with van der Waals surface area (Å²) in [7, 11) is 1.57. The lowest BCUT2D eigenvalue weighted by Crippen LogP contribution is -2.07. The molecule has 0 unspecified atom stereocenters. The van der Waals surface area contributed by atoms with E-state index in [1.54, 1.807) is 31.6 Å². The molecule has 1 heterocycles.